The number of allylic oxidation sites excluding steroid dienone is 1. The Balaban J connectivity index is 2.42. The maximum Gasteiger partial charge on any atom is 0.246 e. The van der Waals surface area contributed by atoms with Crippen LogP contribution in [0.25, 0.3) is 0 Å². The minimum atomic E-state index is 0.000839. The lowest BCUT2D eigenvalue weighted by Crippen LogP contribution is -2.34. The van der Waals surface area contributed by atoms with Gasteiger partial charge in [-0.2, -0.15) is 0 Å². The quantitative estimate of drug-likeness (QED) is 0.777. The van der Waals surface area contributed by atoms with Crippen LogP contribution in [0.2, 0.25) is 0 Å². The van der Waals surface area contributed by atoms with Gasteiger partial charge in [0.05, 0.1) is 6.26 Å². The van der Waals surface area contributed by atoms with E-state index in [1.54, 1.807) is 6.26 Å². The van der Waals surface area contributed by atoms with Gasteiger partial charge in [-0.1, -0.05) is 13.0 Å². The molecule has 1 aromatic heterocycles. The van der Waals surface area contributed by atoms with E-state index < -0.39 is 0 Å². The zero-order chi connectivity index (χ0) is 12.0. The fraction of sp³-hybridized carbons (Fsp3) is 0.462. The predicted molar refractivity (Wildman–Crippen MR) is 64.1 cm³/mol. The molecule has 0 aliphatic carbocycles. The highest BCUT2D eigenvalue weighted by atomic mass is 16.3. The molecular weight excluding hydrogens is 202 g/mol. The van der Waals surface area contributed by atoms with Crippen molar-refractivity contribution in [3.63, 3.8) is 0 Å². The van der Waals surface area contributed by atoms with Crippen molar-refractivity contribution in [1.29, 1.82) is 0 Å². The van der Waals surface area contributed by atoms with Gasteiger partial charge >= 0.3 is 0 Å². The average molecular weight is 221 g/mol. The van der Waals surface area contributed by atoms with E-state index in [1.807, 2.05) is 39.0 Å². The lowest BCUT2D eigenvalue weighted by Gasteiger charge is -2.12. The molecule has 3 nitrogen and oxygen atoms in total. The average Bonchev–Trinajstić information content (AvgIpc) is 2.70. The zero-order valence-electron chi connectivity index (χ0n) is 10.1. The minimum absolute atomic E-state index is 0.000839. The summed E-state index contributed by atoms with van der Waals surface area (Å²) in [7, 11) is 0. The van der Waals surface area contributed by atoms with E-state index in [4.69, 9.17) is 4.42 Å². The van der Waals surface area contributed by atoms with Gasteiger partial charge in [0.25, 0.3) is 0 Å². The first-order valence-electron chi connectivity index (χ1n) is 5.63. The highest BCUT2D eigenvalue weighted by Crippen LogP contribution is 2.04. The second-order valence-electron chi connectivity index (χ2n) is 3.95. The highest BCUT2D eigenvalue weighted by molar-refractivity contribution is 5.92. The molecule has 1 amide bonds. The van der Waals surface area contributed by atoms with Gasteiger partial charge in [0.15, 0.2) is 0 Å². The topological polar surface area (TPSA) is 42.2 Å². The summed E-state index contributed by atoms with van der Waals surface area (Å²) < 4.78 is 5.23. The van der Waals surface area contributed by atoms with E-state index in [-0.39, 0.29) is 11.9 Å². The number of amides is 1. The van der Waals surface area contributed by atoms with E-state index in [1.165, 1.54) is 0 Å². The molecule has 0 aliphatic rings. The molecule has 1 aromatic rings. The van der Waals surface area contributed by atoms with Crippen molar-refractivity contribution in [2.75, 3.05) is 0 Å². The summed E-state index contributed by atoms with van der Waals surface area (Å²) in [6, 6.07) is 3.85. The minimum Gasteiger partial charge on any atom is -0.469 e. The lowest BCUT2D eigenvalue weighted by molar-refractivity contribution is -0.118. The van der Waals surface area contributed by atoms with Crippen molar-refractivity contribution >= 4 is 5.91 Å². The summed E-state index contributed by atoms with van der Waals surface area (Å²) >= 11 is 0. The summed E-state index contributed by atoms with van der Waals surface area (Å²) in [5, 5.41) is 2.94. The lowest BCUT2D eigenvalue weighted by atomic mass is 10.1. The van der Waals surface area contributed by atoms with Gasteiger partial charge in [0.2, 0.25) is 5.91 Å². The van der Waals surface area contributed by atoms with Crippen molar-refractivity contribution in [3.8, 4) is 0 Å². The summed E-state index contributed by atoms with van der Waals surface area (Å²) in [5.41, 5.74) is 0.772. The van der Waals surface area contributed by atoms with Gasteiger partial charge in [-0.3, -0.25) is 4.79 Å². The second kappa shape index (κ2) is 6.16. The van der Waals surface area contributed by atoms with Crippen LogP contribution in [0.3, 0.4) is 0 Å². The first-order chi connectivity index (χ1) is 7.63. The van der Waals surface area contributed by atoms with Crippen LogP contribution in [0.15, 0.2) is 34.5 Å². The molecule has 16 heavy (non-hydrogen) atoms. The molecular formula is C13H19NO2. The normalized spacial score (nSPS) is 13.6. The number of carbonyl (C=O) groups is 1. The van der Waals surface area contributed by atoms with E-state index in [0.717, 1.165) is 24.2 Å². The first kappa shape index (κ1) is 12.6. The monoisotopic (exact) mass is 221 g/mol. The zero-order valence-corrected chi connectivity index (χ0v) is 10.1. The van der Waals surface area contributed by atoms with Crippen LogP contribution >= 0.6 is 0 Å². The number of carbonyl (C=O) groups excluding carboxylic acids is 1. The third-order valence-corrected chi connectivity index (χ3v) is 2.33. The van der Waals surface area contributed by atoms with Gasteiger partial charge in [-0.25, -0.2) is 0 Å². The maximum atomic E-state index is 11.7. The third-order valence-electron chi connectivity index (χ3n) is 2.33. The summed E-state index contributed by atoms with van der Waals surface area (Å²) in [6.45, 7) is 5.82. The number of hydrogen-bond donors (Lipinski definition) is 1. The van der Waals surface area contributed by atoms with Crippen molar-refractivity contribution in [3.05, 3.63) is 35.8 Å². The molecule has 1 N–H and O–H groups in total. The molecule has 1 unspecified atom stereocenters. The first-order valence-corrected chi connectivity index (χ1v) is 5.63. The Morgan fingerprint density at radius 3 is 2.94 bits per heavy atom. The van der Waals surface area contributed by atoms with Gasteiger partial charge in [-0.15, -0.1) is 0 Å². The Bertz CT molecular complexity index is 352. The molecule has 1 rings (SSSR count). The molecule has 0 fully saturated rings. The molecule has 0 spiro atoms. The van der Waals surface area contributed by atoms with Gasteiger partial charge < -0.3 is 9.73 Å². The van der Waals surface area contributed by atoms with E-state index in [9.17, 15) is 4.79 Å². The Kier molecular flexibility index (Phi) is 4.83. The van der Waals surface area contributed by atoms with Crippen molar-refractivity contribution in [1.82, 2.24) is 5.32 Å². The van der Waals surface area contributed by atoms with Crippen molar-refractivity contribution in [2.24, 2.45) is 0 Å². The largest absolute Gasteiger partial charge is 0.469 e. The molecule has 1 heterocycles. The van der Waals surface area contributed by atoms with Crippen molar-refractivity contribution in [2.45, 2.75) is 39.7 Å². The smallest absolute Gasteiger partial charge is 0.246 e. The number of nitrogens with one attached hydrogen (secondary N) is 1. The Morgan fingerprint density at radius 1 is 1.62 bits per heavy atom. The molecule has 1 atom stereocenters. The highest BCUT2D eigenvalue weighted by Gasteiger charge is 2.10. The summed E-state index contributed by atoms with van der Waals surface area (Å²) in [4.78, 5) is 11.7. The van der Waals surface area contributed by atoms with Crippen molar-refractivity contribution < 1.29 is 9.21 Å². The van der Waals surface area contributed by atoms with E-state index >= 15 is 0 Å². The SMILES string of the molecule is CC/C=C(\C)C(=O)NC(C)Cc1ccco1. The maximum absolute atomic E-state index is 11.7. The Hall–Kier alpha value is -1.51. The standard InChI is InChI=1S/C13H19NO2/c1-4-6-10(2)13(15)14-11(3)9-12-7-5-8-16-12/h5-8,11H,4,9H2,1-3H3,(H,14,15)/b10-6+. The molecule has 3 heteroatoms. The fourth-order valence-corrected chi connectivity index (χ4v) is 1.52. The molecule has 0 radical (unpaired) electrons. The van der Waals surface area contributed by atoms with Gasteiger partial charge in [0, 0.05) is 18.0 Å². The molecule has 0 saturated carbocycles. The van der Waals surface area contributed by atoms with Gasteiger partial charge in [-0.05, 0) is 32.4 Å². The van der Waals surface area contributed by atoms with Crippen LogP contribution in [0, 0.1) is 0 Å². The number of hydrogen-bond acceptors (Lipinski definition) is 2. The Labute approximate surface area is 96.5 Å². The molecule has 0 saturated heterocycles. The van der Waals surface area contributed by atoms with Crippen LogP contribution in [-0.4, -0.2) is 11.9 Å². The number of furan rings is 1. The third kappa shape index (κ3) is 3.93. The van der Waals surface area contributed by atoms with Gasteiger partial charge in [0.1, 0.15) is 5.76 Å². The Morgan fingerprint density at radius 2 is 2.38 bits per heavy atom. The van der Waals surface area contributed by atoms with Crippen LogP contribution in [0.1, 0.15) is 33.0 Å². The summed E-state index contributed by atoms with van der Waals surface area (Å²) in [6.07, 6.45) is 5.17. The fourth-order valence-electron chi connectivity index (χ4n) is 1.52. The second-order valence-corrected chi connectivity index (χ2v) is 3.95. The van der Waals surface area contributed by atoms with Crippen LogP contribution in [0.5, 0.6) is 0 Å². The summed E-state index contributed by atoms with van der Waals surface area (Å²) in [5.74, 6) is 0.894. The molecule has 0 bridgehead atoms. The molecule has 88 valence electrons. The van der Waals surface area contributed by atoms with Crippen LogP contribution in [0.4, 0.5) is 0 Å². The van der Waals surface area contributed by atoms with Crippen LogP contribution < -0.4 is 5.32 Å². The number of rotatable bonds is 5. The van der Waals surface area contributed by atoms with E-state index in [0.29, 0.717) is 0 Å². The molecule has 0 aromatic carbocycles. The van der Waals surface area contributed by atoms with E-state index in [2.05, 4.69) is 5.32 Å². The molecule has 0 aliphatic heterocycles. The van der Waals surface area contributed by atoms with Crippen LogP contribution in [-0.2, 0) is 11.2 Å². The predicted octanol–water partition coefficient (Wildman–Crippen LogP) is 2.68.